The predicted octanol–water partition coefficient (Wildman–Crippen LogP) is 5.54. The van der Waals surface area contributed by atoms with E-state index in [1.807, 2.05) is 49.5 Å². The van der Waals surface area contributed by atoms with Crippen molar-refractivity contribution in [1.82, 2.24) is 29.7 Å². The van der Waals surface area contributed by atoms with Crippen molar-refractivity contribution in [2.45, 2.75) is 45.0 Å². The Bertz CT molecular complexity index is 1780. The van der Waals surface area contributed by atoms with E-state index in [2.05, 4.69) is 38.3 Å². The van der Waals surface area contributed by atoms with Gasteiger partial charge in [-0.2, -0.15) is 18.2 Å². The zero-order valence-electron chi connectivity index (χ0n) is 28.9. The number of esters is 1. The molecule has 50 heavy (non-hydrogen) atoms. The second kappa shape index (κ2) is 16.5. The second-order valence-corrected chi connectivity index (χ2v) is 12.2. The molecule has 1 aromatic carbocycles. The van der Waals surface area contributed by atoms with Gasteiger partial charge in [0, 0.05) is 55.0 Å². The number of likely N-dealkylation sites (N-methyl/N-ethyl adjacent to an activating group) is 2. The van der Waals surface area contributed by atoms with Crippen molar-refractivity contribution in [2.24, 2.45) is 4.99 Å². The Morgan fingerprint density at radius 3 is 2.48 bits per heavy atom. The fraction of sp³-hybridized carbons (Fsp3) is 0.400. The minimum atomic E-state index is -4.70. The number of carbonyl (C=O) groups excluding carboxylic acids is 2. The predicted molar refractivity (Wildman–Crippen MR) is 186 cm³/mol. The van der Waals surface area contributed by atoms with E-state index < -0.39 is 36.6 Å². The van der Waals surface area contributed by atoms with Crippen LogP contribution in [-0.4, -0.2) is 102 Å². The van der Waals surface area contributed by atoms with Crippen molar-refractivity contribution in [2.75, 3.05) is 52.7 Å². The number of nitrogens with zero attached hydrogens (tertiary/aromatic N) is 6. The number of benzene rings is 1. The number of aromatic nitrogens is 3. The topological polar surface area (TPSA) is 126 Å². The third-order valence-corrected chi connectivity index (χ3v) is 7.50. The smallest absolute Gasteiger partial charge is 0.422 e. The quantitative estimate of drug-likeness (QED) is 0.0496. The van der Waals surface area contributed by atoms with Crippen LogP contribution in [0.3, 0.4) is 0 Å². The van der Waals surface area contributed by atoms with Gasteiger partial charge in [0.2, 0.25) is 17.7 Å². The molecule has 4 rings (SSSR count). The number of fused-ring (bicyclic) bond motifs is 1. The SMILES string of the molecule is C=CC(=O)NC/C(=N\C(OCC(F)(F)F)=C(/C=C)Nc1ncc(C(=O)OC(C)C)c(-c2cn(C3CC3)c3ccccc23)n1)N(C)CCN(C)C. The summed E-state index contributed by atoms with van der Waals surface area (Å²) in [5.74, 6) is -1.47. The molecule has 2 heterocycles. The number of halogens is 3. The van der Waals surface area contributed by atoms with Crippen LogP contribution in [-0.2, 0) is 14.3 Å². The molecule has 1 aliphatic rings. The largest absolute Gasteiger partial charge is 0.466 e. The lowest BCUT2D eigenvalue weighted by Gasteiger charge is -2.24. The number of hydrogen-bond donors (Lipinski definition) is 2. The number of aliphatic imine (C=N–C) groups is 1. The molecule has 2 N–H and O–H groups in total. The van der Waals surface area contributed by atoms with E-state index in [0.29, 0.717) is 24.7 Å². The number of ether oxygens (including phenoxy) is 2. The number of anilines is 1. The molecule has 0 unspecified atom stereocenters. The summed E-state index contributed by atoms with van der Waals surface area (Å²) in [6.07, 6.45) is 2.48. The Hall–Kier alpha value is -5.18. The number of amides is 1. The van der Waals surface area contributed by atoms with Crippen LogP contribution in [0.25, 0.3) is 22.2 Å². The van der Waals surface area contributed by atoms with Crippen LogP contribution in [0.1, 0.15) is 43.1 Å². The van der Waals surface area contributed by atoms with Gasteiger partial charge in [0.1, 0.15) is 17.1 Å². The standard InChI is InChI=1S/C35H43F3N8O4/c1-8-27(32(49-21-35(36,37)38)42-29(19-39-30(47)9-2)45(7)17-16-44(5)6)41-34-40-18-25(33(48)50-22(3)4)31(43-34)26-20-46(23-14-15-23)28-13-11-10-12-24(26)28/h8-13,18,20,22-23H,1-2,14-17,19,21H2,3-7H3,(H,39,47)(H,40,41,43)/b32-27-,42-29+. The summed E-state index contributed by atoms with van der Waals surface area (Å²) >= 11 is 0. The molecule has 0 atom stereocenters. The Kier molecular flexibility index (Phi) is 12.4. The van der Waals surface area contributed by atoms with Crippen molar-refractivity contribution in [3.8, 4) is 11.3 Å². The van der Waals surface area contributed by atoms with Gasteiger partial charge in [-0.25, -0.2) is 14.8 Å². The molecule has 0 aliphatic heterocycles. The van der Waals surface area contributed by atoms with E-state index in [0.717, 1.165) is 29.8 Å². The van der Waals surface area contributed by atoms with Crippen LogP contribution in [0, 0.1) is 0 Å². The highest BCUT2D eigenvalue weighted by Gasteiger charge is 2.31. The summed E-state index contributed by atoms with van der Waals surface area (Å²) in [6, 6.07) is 8.08. The number of rotatable bonds is 16. The number of nitrogens with one attached hydrogen (secondary N) is 2. The number of amidine groups is 1. The van der Waals surface area contributed by atoms with Gasteiger partial charge in [-0.05, 0) is 59.0 Å². The van der Waals surface area contributed by atoms with Gasteiger partial charge in [0.15, 0.2) is 6.61 Å². The van der Waals surface area contributed by atoms with Crippen LogP contribution < -0.4 is 10.6 Å². The zero-order valence-corrected chi connectivity index (χ0v) is 28.9. The Morgan fingerprint density at radius 1 is 1.14 bits per heavy atom. The Labute approximate surface area is 289 Å². The third-order valence-electron chi connectivity index (χ3n) is 7.50. The molecule has 1 aliphatic carbocycles. The second-order valence-electron chi connectivity index (χ2n) is 12.2. The molecule has 0 spiro atoms. The van der Waals surface area contributed by atoms with E-state index in [9.17, 15) is 22.8 Å². The summed E-state index contributed by atoms with van der Waals surface area (Å²) in [6.45, 7) is 9.86. The van der Waals surface area contributed by atoms with Crippen LogP contribution in [0.2, 0.25) is 0 Å². The normalized spacial score (nSPS) is 14.0. The van der Waals surface area contributed by atoms with Crippen LogP contribution in [0.15, 0.2) is 78.5 Å². The molecule has 0 saturated heterocycles. The number of para-hydroxylation sites is 1. The average Bonchev–Trinajstić information content (AvgIpc) is 3.84. The lowest BCUT2D eigenvalue weighted by Crippen LogP contribution is -2.40. The molecular weight excluding hydrogens is 653 g/mol. The van der Waals surface area contributed by atoms with Gasteiger partial charge >= 0.3 is 12.1 Å². The monoisotopic (exact) mass is 696 g/mol. The third kappa shape index (κ3) is 10.2. The highest BCUT2D eigenvalue weighted by Crippen LogP contribution is 2.41. The minimum absolute atomic E-state index is 0.0648. The number of carbonyl (C=O) groups is 2. The lowest BCUT2D eigenvalue weighted by molar-refractivity contribution is -0.165. The summed E-state index contributed by atoms with van der Waals surface area (Å²) in [5, 5.41) is 6.36. The number of alkyl halides is 3. The lowest BCUT2D eigenvalue weighted by atomic mass is 10.1. The minimum Gasteiger partial charge on any atom is -0.466 e. The maximum atomic E-state index is 13.5. The molecule has 268 valence electrons. The van der Waals surface area contributed by atoms with E-state index in [4.69, 9.17) is 14.5 Å². The highest BCUT2D eigenvalue weighted by molar-refractivity contribution is 6.03. The van der Waals surface area contributed by atoms with E-state index in [1.165, 1.54) is 12.3 Å². The van der Waals surface area contributed by atoms with Gasteiger partial charge in [-0.15, -0.1) is 0 Å². The van der Waals surface area contributed by atoms with E-state index in [1.54, 1.807) is 25.8 Å². The maximum absolute atomic E-state index is 13.5. The zero-order chi connectivity index (χ0) is 36.6. The number of allylic oxidation sites excluding steroid dienone is 1. The molecule has 0 radical (unpaired) electrons. The van der Waals surface area contributed by atoms with Gasteiger partial charge in [0.05, 0.1) is 18.3 Å². The molecular formula is C35H43F3N8O4. The molecule has 3 aromatic rings. The maximum Gasteiger partial charge on any atom is 0.422 e. The molecule has 1 amide bonds. The first-order valence-corrected chi connectivity index (χ1v) is 16.1. The first-order chi connectivity index (χ1) is 23.7. The van der Waals surface area contributed by atoms with Crippen molar-refractivity contribution >= 4 is 34.6 Å². The fourth-order valence-corrected chi connectivity index (χ4v) is 4.85. The van der Waals surface area contributed by atoms with Gasteiger partial charge in [0.25, 0.3) is 0 Å². The Morgan fingerprint density at radius 2 is 1.86 bits per heavy atom. The molecule has 0 bridgehead atoms. The summed E-state index contributed by atoms with van der Waals surface area (Å²) in [5.41, 5.74) is 1.92. The highest BCUT2D eigenvalue weighted by atomic mass is 19.4. The van der Waals surface area contributed by atoms with Gasteiger partial charge in [-0.3, -0.25) is 4.79 Å². The van der Waals surface area contributed by atoms with E-state index in [-0.39, 0.29) is 35.3 Å². The Balaban J connectivity index is 1.84. The van der Waals surface area contributed by atoms with Crippen molar-refractivity contribution in [1.29, 1.82) is 0 Å². The summed E-state index contributed by atoms with van der Waals surface area (Å²) in [4.78, 5) is 42.3. The van der Waals surface area contributed by atoms with Crippen molar-refractivity contribution < 1.29 is 32.2 Å². The van der Waals surface area contributed by atoms with Crippen molar-refractivity contribution in [3.05, 3.63) is 79.1 Å². The van der Waals surface area contributed by atoms with Crippen molar-refractivity contribution in [3.63, 3.8) is 0 Å². The van der Waals surface area contributed by atoms with Gasteiger partial charge < -0.3 is 34.5 Å². The first kappa shape index (κ1) is 37.6. The molecule has 12 nitrogen and oxygen atoms in total. The molecule has 2 aromatic heterocycles. The first-order valence-electron chi connectivity index (χ1n) is 16.1. The van der Waals surface area contributed by atoms with Crippen LogP contribution in [0.4, 0.5) is 19.1 Å². The summed E-state index contributed by atoms with van der Waals surface area (Å²) in [7, 11) is 5.42. The number of hydrogen-bond acceptors (Lipinski definition) is 9. The van der Waals surface area contributed by atoms with Gasteiger partial charge in [-0.1, -0.05) is 31.4 Å². The summed E-state index contributed by atoms with van der Waals surface area (Å²) < 4.78 is 53.3. The van der Waals surface area contributed by atoms with Crippen LogP contribution in [0.5, 0.6) is 0 Å². The van der Waals surface area contributed by atoms with Crippen LogP contribution >= 0.6 is 0 Å². The molecule has 1 saturated carbocycles. The van der Waals surface area contributed by atoms with E-state index >= 15 is 0 Å². The average molecular weight is 697 g/mol. The molecule has 1 fully saturated rings. The molecule has 15 heteroatoms. The fourth-order valence-electron chi connectivity index (χ4n) is 4.85.